The maximum atomic E-state index is 11.0. The number of aliphatic hydroxyl groups is 1. The predicted octanol–water partition coefficient (Wildman–Crippen LogP) is -0.340. The number of nitrogens with one attached hydrogen (secondary N) is 2. The number of carbonyl (C=O) groups excluding carboxylic acids is 1. The number of hydrogen-bond acceptors (Lipinski definition) is 3. The Kier molecular flexibility index (Phi) is 3.11. The van der Waals surface area contributed by atoms with Gasteiger partial charge >= 0.3 is 6.03 Å². The van der Waals surface area contributed by atoms with Gasteiger partial charge in [0.2, 0.25) is 0 Å². The van der Waals surface area contributed by atoms with E-state index >= 15 is 0 Å². The number of aliphatic hydroxyl groups excluding tert-OH is 1. The third-order valence-corrected chi connectivity index (χ3v) is 2.05. The zero-order chi connectivity index (χ0) is 9.90. The van der Waals surface area contributed by atoms with Crippen molar-refractivity contribution in [1.82, 2.24) is 10.6 Å². The van der Waals surface area contributed by atoms with Crippen LogP contribution in [0.3, 0.4) is 0 Å². The second-order valence-corrected chi connectivity index (χ2v) is 3.79. The lowest BCUT2D eigenvalue weighted by Gasteiger charge is -2.38. The van der Waals surface area contributed by atoms with Gasteiger partial charge in [0.25, 0.3) is 0 Å². The Morgan fingerprint density at radius 2 is 2.38 bits per heavy atom. The molecule has 1 fully saturated rings. The molecule has 1 rings (SSSR count). The molecule has 1 atom stereocenters. The average Bonchev–Trinajstić information content (AvgIpc) is 2.07. The molecule has 2 amide bonds. The van der Waals surface area contributed by atoms with Gasteiger partial charge in [-0.15, -0.1) is 0 Å². The maximum Gasteiger partial charge on any atom is 0.316 e. The first-order valence-electron chi connectivity index (χ1n) is 4.33. The van der Waals surface area contributed by atoms with Crippen LogP contribution in [-0.2, 0) is 4.74 Å². The molecule has 1 saturated heterocycles. The van der Waals surface area contributed by atoms with Gasteiger partial charge in [0.1, 0.15) is 6.23 Å². The average molecular weight is 188 g/mol. The van der Waals surface area contributed by atoms with Crippen LogP contribution < -0.4 is 10.6 Å². The van der Waals surface area contributed by atoms with E-state index in [-0.39, 0.29) is 30.9 Å². The smallest absolute Gasteiger partial charge is 0.316 e. The molecule has 0 spiro atoms. The van der Waals surface area contributed by atoms with Gasteiger partial charge in [0.05, 0.1) is 13.2 Å². The topological polar surface area (TPSA) is 70.6 Å². The van der Waals surface area contributed by atoms with Crippen LogP contribution in [0.15, 0.2) is 0 Å². The number of rotatable bonds is 3. The van der Waals surface area contributed by atoms with E-state index < -0.39 is 0 Å². The van der Waals surface area contributed by atoms with Crippen LogP contribution in [0.25, 0.3) is 0 Å². The molecule has 1 unspecified atom stereocenters. The van der Waals surface area contributed by atoms with Crippen molar-refractivity contribution in [2.24, 2.45) is 5.41 Å². The SMILES string of the molecule is CC1(C)CNC(=O)NC1OCCO. The van der Waals surface area contributed by atoms with Crippen LogP contribution in [0, 0.1) is 5.41 Å². The summed E-state index contributed by atoms with van der Waals surface area (Å²) in [6, 6.07) is -0.220. The van der Waals surface area contributed by atoms with Crippen molar-refractivity contribution in [3.05, 3.63) is 0 Å². The quantitative estimate of drug-likeness (QED) is 0.567. The monoisotopic (exact) mass is 188 g/mol. The number of ether oxygens (including phenoxy) is 1. The Labute approximate surface area is 77.5 Å². The fraction of sp³-hybridized carbons (Fsp3) is 0.875. The van der Waals surface area contributed by atoms with E-state index in [0.717, 1.165) is 0 Å². The van der Waals surface area contributed by atoms with Crippen LogP contribution in [-0.4, -0.2) is 37.1 Å². The van der Waals surface area contributed by atoms with Gasteiger partial charge in [0, 0.05) is 12.0 Å². The summed E-state index contributed by atoms with van der Waals surface area (Å²) in [5, 5.41) is 13.9. The summed E-state index contributed by atoms with van der Waals surface area (Å²) in [5.74, 6) is 0. The fourth-order valence-electron chi connectivity index (χ4n) is 1.20. The minimum Gasteiger partial charge on any atom is -0.394 e. The lowest BCUT2D eigenvalue weighted by Crippen LogP contribution is -2.60. The van der Waals surface area contributed by atoms with Gasteiger partial charge in [0.15, 0.2) is 0 Å². The molecule has 76 valence electrons. The van der Waals surface area contributed by atoms with E-state index in [9.17, 15) is 4.79 Å². The largest absolute Gasteiger partial charge is 0.394 e. The van der Waals surface area contributed by atoms with E-state index in [1.165, 1.54) is 0 Å². The maximum absolute atomic E-state index is 11.0. The molecule has 13 heavy (non-hydrogen) atoms. The van der Waals surface area contributed by atoms with Crippen molar-refractivity contribution in [2.45, 2.75) is 20.1 Å². The Hall–Kier alpha value is -0.810. The first-order valence-corrected chi connectivity index (χ1v) is 4.33. The summed E-state index contributed by atoms with van der Waals surface area (Å²) >= 11 is 0. The molecule has 1 aliphatic heterocycles. The van der Waals surface area contributed by atoms with Crippen molar-refractivity contribution >= 4 is 6.03 Å². The Balaban J connectivity index is 2.50. The normalized spacial score (nSPS) is 26.4. The van der Waals surface area contributed by atoms with Crippen LogP contribution in [0.1, 0.15) is 13.8 Å². The van der Waals surface area contributed by atoms with Crippen LogP contribution in [0.2, 0.25) is 0 Å². The Morgan fingerprint density at radius 1 is 1.69 bits per heavy atom. The number of urea groups is 1. The highest BCUT2D eigenvalue weighted by atomic mass is 16.5. The summed E-state index contributed by atoms with van der Waals surface area (Å²) in [6.45, 7) is 4.77. The van der Waals surface area contributed by atoms with Gasteiger partial charge in [-0.2, -0.15) is 0 Å². The van der Waals surface area contributed by atoms with Crippen LogP contribution in [0.4, 0.5) is 4.79 Å². The molecule has 3 N–H and O–H groups in total. The molecule has 0 aromatic heterocycles. The van der Waals surface area contributed by atoms with Crippen LogP contribution in [0.5, 0.6) is 0 Å². The van der Waals surface area contributed by atoms with E-state index in [1.807, 2.05) is 13.8 Å². The third-order valence-electron chi connectivity index (χ3n) is 2.05. The molecule has 0 saturated carbocycles. The van der Waals surface area contributed by atoms with Crippen molar-refractivity contribution in [3.63, 3.8) is 0 Å². The molecule has 5 heteroatoms. The minimum atomic E-state index is -0.326. The number of carbonyl (C=O) groups is 1. The Morgan fingerprint density at radius 3 is 3.00 bits per heavy atom. The minimum absolute atomic E-state index is 0.0319. The van der Waals surface area contributed by atoms with E-state index in [4.69, 9.17) is 9.84 Å². The first-order chi connectivity index (χ1) is 6.06. The first kappa shape index (κ1) is 10.3. The highest BCUT2D eigenvalue weighted by molar-refractivity contribution is 5.75. The molecular weight excluding hydrogens is 172 g/mol. The number of hydrogen-bond donors (Lipinski definition) is 3. The van der Waals surface area contributed by atoms with E-state index in [2.05, 4.69) is 10.6 Å². The molecule has 0 bridgehead atoms. The summed E-state index contributed by atoms with van der Waals surface area (Å²) in [4.78, 5) is 11.0. The lowest BCUT2D eigenvalue weighted by atomic mass is 9.89. The van der Waals surface area contributed by atoms with Gasteiger partial charge in [-0.25, -0.2) is 4.79 Å². The zero-order valence-electron chi connectivity index (χ0n) is 7.96. The van der Waals surface area contributed by atoms with E-state index in [0.29, 0.717) is 6.54 Å². The van der Waals surface area contributed by atoms with Gasteiger partial charge < -0.3 is 20.5 Å². The van der Waals surface area contributed by atoms with Gasteiger partial charge in [-0.3, -0.25) is 0 Å². The van der Waals surface area contributed by atoms with Crippen LogP contribution >= 0.6 is 0 Å². The lowest BCUT2D eigenvalue weighted by molar-refractivity contribution is -0.0576. The fourth-order valence-corrected chi connectivity index (χ4v) is 1.20. The molecule has 0 radical (unpaired) electrons. The molecular formula is C8H16N2O3. The summed E-state index contributed by atoms with van der Waals surface area (Å²) in [5.41, 5.74) is -0.150. The molecule has 1 aliphatic rings. The summed E-state index contributed by atoms with van der Waals surface area (Å²) < 4.78 is 5.30. The second-order valence-electron chi connectivity index (χ2n) is 3.79. The standard InChI is InChI=1S/C8H16N2O3/c1-8(2)5-9-7(12)10-6(8)13-4-3-11/h6,11H,3-5H2,1-2H3,(H2,9,10,12). The third kappa shape index (κ3) is 2.57. The van der Waals surface area contributed by atoms with Crippen molar-refractivity contribution in [3.8, 4) is 0 Å². The van der Waals surface area contributed by atoms with Crippen molar-refractivity contribution in [1.29, 1.82) is 0 Å². The molecule has 0 aliphatic carbocycles. The van der Waals surface area contributed by atoms with Crippen molar-refractivity contribution < 1.29 is 14.6 Å². The van der Waals surface area contributed by atoms with Gasteiger partial charge in [-0.1, -0.05) is 13.8 Å². The van der Waals surface area contributed by atoms with E-state index in [1.54, 1.807) is 0 Å². The highest BCUT2D eigenvalue weighted by Gasteiger charge is 2.35. The highest BCUT2D eigenvalue weighted by Crippen LogP contribution is 2.22. The summed E-state index contributed by atoms with van der Waals surface area (Å²) in [7, 11) is 0. The van der Waals surface area contributed by atoms with Gasteiger partial charge in [-0.05, 0) is 0 Å². The summed E-state index contributed by atoms with van der Waals surface area (Å²) in [6.07, 6.45) is -0.326. The number of amides is 2. The molecule has 0 aromatic rings. The van der Waals surface area contributed by atoms with Crippen molar-refractivity contribution in [2.75, 3.05) is 19.8 Å². The zero-order valence-corrected chi connectivity index (χ0v) is 7.96. The molecule has 5 nitrogen and oxygen atoms in total. The predicted molar refractivity (Wildman–Crippen MR) is 47.1 cm³/mol. The second kappa shape index (κ2) is 3.93. The Bertz CT molecular complexity index is 194. The molecule has 1 heterocycles. The molecule has 0 aromatic carbocycles.